The van der Waals surface area contributed by atoms with Gasteiger partial charge in [0.25, 0.3) is 0 Å². The van der Waals surface area contributed by atoms with Crippen molar-refractivity contribution in [3.63, 3.8) is 0 Å². The molecular weight excluding hydrogens is 314 g/mol. The number of nitrogens with zero attached hydrogens (tertiary/aromatic N) is 3. The molecule has 1 aromatic rings. The van der Waals surface area contributed by atoms with Crippen molar-refractivity contribution >= 4 is 15.9 Å². The van der Waals surface area contributed by atoms with Crippen molar-refractivity contribution < 1.29 is 13.2 Å². The Hall–Kier alpha value is -1.91. The van der Waals surface area contributed by atoms with E-state index in [1.165, 1.54) is 16.4 Å². The lowest BCUT2D eigenvalue weighted by atomic mass is 9.78. The number of amides is 1. The molecular formula is C16H19N3O3S. The molecule has 2 heterocycles. The molecule has 7 heteroatoms. The number of hydrogen-bond acceptors (Lipinski definition) is 4. The Morgan fingerprint density at radius 1 is 1.26 bits per heavy atom. The SMILES string of the molecule is CN1CCC[C@@]2(CCN(S(=O)(=O)c3cccc(C#N)c3)C2)C1=O. The second-order valence-electron chi connectivity index (χ2n) is 6.34. The topological polar surface area (TPSA) is 81.5 Å². The zero-order chi connectivity index (χ0) is 16.7. The van der Waals surface area contributed by atoms with Gasteiger partial charge in [0, 0.05) is 26.7 Å². The van der Waals surface area contributed by atoms with Crippen molar-refractivity contribution in [1.82, 2.24) is 9.21 Å². The summed E-state index contributed by atoms with van der Waals surface area (Å²) in [5.74, 6) is 0.0484. The minimum absolute atomic E-state index is 0.0484. The number of rotatable bonds is 2. The van der Waals surface area contributed by atoms with Crippen LogP contribution in [0.4, 0.5) is 0 Å². The third-order valence-electron chi connectivity index (χ3n) is 4.87. The van der Waals surface area contributed by atoms with Crippen LogP contribution in [0.2, 0.25) is 0 Å². The highest BCUT2D eigenvalue weighted by Crippen LogP contribution is 2.41. The van der Waals surface area contributed by atoms with Crippen molar-refractivity contribution in [1.29, 1.82) is 5.26 Å². The molecule has 2 aliphatic rings. The van der Waals surface area contributed by atoms with E-state index >= 15 is 0 Å². The second-order valence-corrected chi connectivity index (χ2v) is 8.28. The molecule has 1 spiro atoms. The molecule has 1 amide bonds. The molecule has 0 N–H and O–H groups in total. The molecule has 0 radical (unpaired) electrons. The molecule has 23 heavy (non-hydrogen) atoms. The summed E-state index contributed by atoms with van der Waals surface area (Å²) in [6, 6.07) is 7.98. The minimum atomic E-state index is -3.68. The maximum atomic E-state index is 12.8. The van der Waals surface area contributed by atoms with Gasteiger partial charge < -0.3 is 4.90 Å². The Kier molecular flexibility index (Phi) is 3.90. The van der Waals surface area contributed by atoms with Crippen LogP contribution in [-0.2, 0) is 14.8 Å². The number of likely N-dealkylation sites (tertiary alicyclic amines) is 1. The molecule has 2 saturated heterocycles. The maximum Gasteiger partial charge on any atom is 0.243 e. The van der Waals surface area contributed by atoms with E-state index in [-0.39, 0.29) is 17.3 Å². The molecule has 0 bridgehead atoms. The highest BCUT2D eigenvalue weighted by atomic mass is 32.2. The summed E-state index contributed by atoms with van der Waals surface area (Å²) in [6.07, 6.45) is 2.20. The van der Waals surface area contributed by atoms with Gasteiger partial charge in [-0.15, -0.1) is 0 Å². The van der Waals surface area contributed by atoms with Gasteiger partial charge in [-0.3, -0.25) is 4.79 Å². The van der Waals surface area contributed by atoms with Crippen molar-refractivity contribution in [2.45, 2.75) is 24.2 Å². The average molecular weight is 333 g/mol. The normalized spacial score (nSPS) is 25.7. The zero-order valence-corrected chi connectivity index (χ0v) is 13.8. The second kappa shape index (κ2) is 5.62. The van der Waals surface area contributed by atoms with E-state index in [4.69, 9.17) is 5.26 Å². The summed E-state index contributed by atoms with van der Waals surface area (Å²) in [5, 5.41) is 8.95. The molecule has 6 nitrogen and oxygen atoms in total. The summed E-state index contributed by atoms with van der Waals surface area (Å²) in [7, 11) is -1.90. The molecule has 3 rings (SSSR count). The molecule has 0 aliphatic carbocycles. The highest BCUT2D eigenvalue weighted by Gasteiger charge is 2.50. The summed E-state index contributed by atoms with van der Waals surface area (Å²) >= 11 is 0. The van der Waals surface area contributed by atoms with Crippen LogP contribution in [-0.4, -0.2) is 50.2 Å². The van der Waals surface area contributed by atoms with Gasteiger partial charge in [-0.1, -0.05) is 6.07 Å². The standard InChI is InChI=1S/C16H19N3O3S/c1-18-8-3-6-16(15(18)20)7-9-19(12-16)23(21,22)14-5-2-4-13(10-14)11-17/h2,4-5,10H,3,6-9,12H2,1H3/t16-/m0/s1. The van der Waals surface area contributed by atoms with Crippen LogP contribution in [0.3, 0.4) is 0 Å². The van der Waals surface area contributed by atoms with Gasteiger partial charge in [0.15, 0.2) is 0 Å². The molecule has 122 valence electrons. The van der Waals surface area contributed by atoms with Crippen LogP contribution < -0.4 is 0 Å². The van der Waals surface area contributed by atoms with E-state index < -0.39 is 15.4 Å². The lowest BCUT2D eigenvalue weighted by Gasteiger charge is -2.37. The molecule has 0 saturated carbocycles. The van der Waals surface area contributed by atoms with E-state index in [1.54, 1.807) is 24.1 Å². The van der Waals surface area contributed by atoms with Gasteiger partial charge in [0.2, 0.25) is 15.9 Å². The van der Waals surface area contributed by atoms with E-state index in [1.807, 2.05) is 6.07 Å². The maximum absolute atomic E-state index is 12.8. The molecule has 2 fully saturated rings. The molecule has 1 atom stereocenters. The van der Waals surface area contributed by atoms with Crippen LogP contribution in [0.1, 0.15) is 24.8 Å². The fraction of sp³-hybridized carbons (Fsp3) is 0.500. The van der Waals surface area contributed by atoms with Crippen molar-refractivity contribution in [2.75, 3.05) is 26.7 Å². The van der Waals surface area contributed by atoms with Gasteiger partial charge in [0.05, 0.1) is 21.9 Å². The Balaban J connectivity index is 1.88. The lowest BCUT2D eigenvalue weighted by Crippen LogP contribution is -2.48. The first-order valence-corrected chi connectivity index (χ1v) is 9.09. The number of piperidine rings is 1. The van der Waals surface area contributed by atoms with Crippen LogP contribution in [0.15, 0.2) is 29.2 Å². The summed E-state index contributed by atoms with van der Waals surface area (Å²) < 4.78 is 27.0. The van der Waals surface area contributed by atoms with Crippen LogP contribution in [0.25, 0.3) is 0 Å². The monoisotopic (exact) mass is 333 g/mol. The smallest absolute Gasteiger partial charge is 0.243 e. The van der Waals surface area contributed by atoms with E-state index in [0.717, 1.165) is 19.4 Å². The number of carbonyl (C=O) groups is 1. The molecule has 0 unspecified atom stereocenters. The first-order valence-electron chi connectivity index (χ1n) is 7.65. The van der Waals surface area contributed by atoms with Gasteiger partial charge in [-0.25, -0.2) is 8.42 Å². The Bertz CT molecular complexity index is 784. The fourth-order valence-corrected chi connectivity index (χ4v) is 5.13. The minimum Gasteiger partial charge on any atom is -0.345 e. The number of hydrogen-bond donors (Lipinski definition) is 0. The Labute approximate surface area is 136 Å². The predicted molar refractivity (Wildman–Crippen MR) is 83.8 cm³/mol. The van der Waals surface area contributed by atoms with Crippen molar-refractivity contribution in [3.05, 3.63) is 29.8 Å². The van der Waals surface area contributed by atoms with Crippen LogP contribution in [0, 0.1) is 16.7 Å². The fourth-order valence-electron chi connectivity index (χ4n) is 3.56. The quantitative estimate of drug-likeness (QED) is 0.814. The number of carbonyl (C=O) groups excluding carboxylic acids is 1. The van der Waals surface area contributed by atoms with Crippen LogP contribution in [0.5, 0.6) is 0 Å². The van der Waals surface area contributed by atoms with Crippen molar-refractivity contribution in [3.8, 4) is 6.07 Å². The number of sulfonamides is 1. The average Bonchev–Trinajstić information content (AvgIpc) is 2.98. The van der Waals surface area contributed by atoms with E-state index in [9.17, 15) is 13.2 Å². The van der Waals surface area contributed by atoms with E-state index in [2.05, 4.69) is 0 Å². The first kappa shape index (κ1) is 16.0. The van der Waals surface area contributed by atoms with Gasteiger partial charge in [0.1, 0.15) is 0 Å². The Morgan fingerprint density at radius 3 is 2.78 bits per heavy atom. The zero-order valence-electron chi connectivity index (χ0n) is 13.0. The van der Waals surface area contributed by atoms with Crippen molar-refractivity contribution in [2.24, 2.45) is 5.41 Å². The highest BCUT2D eigenvalue weighted by molar-refractivity contribution is 7.89. The molecule has 0 aromatic heterocycles. The number of nitriles is 1. The third kappa shape index (κ3) is 2.62. The largest absolute Gasteiger partial charge is 0.345 e. The number of benzene rings is 1. The van der Waals surface area contributed by atoms with E-state index in [0.29, 0.717) is 18.5 Å². The van der Waals surface area contributed by atoms with Gasteiger partial charge >= 0.3 is 0 Å². The van der Waals surface area contributed by atoms with Crippen LogP contribution >= 0.6 is 0 Å². The third-order valence-corrected chi connectivity index (χ3v) is 6.71. The summed E-state index contributed by atoms with van der Waals surface area (Å²) in [4.78, 5) is 14.3. The lowest BCUT2D eigenvalue weighted by molar-refractivity contribution is -0.143. The molecule has 1 aromatic carbocycles. The van der Waals surface area contributed by atoms with Gasteiger partial charge in [-0.05, 0) is 37.5 Å². The molecule has 2 aliphatic heterocycles. The Morgan fingerprint density at radius 2 is 2.04 bits per heavy atom. The summed E-state index contributed by atoms with van der Waals surface area (Å²) in [6.45, 7) is 1.31. The first-order chi connectivity index (χ1) is 10.9. The predicted octanol–water partition coefficient (Wildman–Crippen LogP) is 1.19. The summed E-state index contributed by atoms with van der Waals surface area (Å²) in [5.41, 5.74) is -0.263. The van der Waals surface area contributed by atoms with Gasteiger partial charge in [-0.2, -0.15) is 9.57 Å².